The van der Waals surface area contributed by atoms with E-state index in [9.17, 15) is 4.79 Å². The molecule has 0 aromatic carbocycles. The zero-order chi connectivity index (χ0) is 10.7. The zero-order valence-corrected chi connectivity index (χ0v) is 9.80. The summed E-state index contributed by atoms with van der Waals surface area (Å²) in [6, 6.07) is 1.90. The Balaban J connectivity index is 1.93. The van der Waals surface area contributed by atoms with Crippen LogP contribution in [0.4, 0.5) is 0 Å². The van der Waals surface area contributed by atoms with Crippen molar-refractivity contribution in [2.24, 2.45) is 0 Å². The molecular weight excluding hydrogens is 208 g/mol. The molecule has 0 spiro atoms. The van der Waals surface area contributed by atoms with Crippen LogP contribution in [0.15, 0.2) is 16.8 Å². The smallest absolute Gasteiger partial charge is 0.254 e. The number of hydrogen-bond donors (Lipinski definition) is 0. The molecular formula is C11H16N2OS. The van der Waals surface area contributed by atoms with Gasteiger partial charge >= 0.3 is 0 Å². The minimum Gasteiger partial charge on any atom is -0.336 e. The van der Waals surface area contributed by atoms with Gasteiger partial charge in [-0.1, -0.05) is 6.92 Å². The molecule has 0 aliphatic carbocycles. The molecule has 2 heterocycles. The molecule has 1 aliphatic rings. The Labute approximate surface area is 94.3 Å². The van der Waals surface area contributed by atoms with Crippen molar-refractivity contribution in [3.63, 3.8) is 0 Å². The Kier molecular flexibility index (Phi) is 3.38. The molecule has 0 radical (unpaired) electrons. The van der Waals surface area contributed by atoms with E-state index in [0.29, 0.717) is 0 Å². The second kappa shape index (κ2) is 4.77. The first-order chi connectivity index (χ1) is 7.31. The molecule has 0 saturated carbocycles. The summed E-state index contributed by atoms with van der Waals surface area (Å²) >= 11 is 1.58. The van der Waals surface area contributed by atoms with E-state index in [1.165, 1.54) is 0 Å². The van der Waals surface area contributed by atoms with Crippen molar-refractivity contribution in [2.75, 3.05) is 32.7 Å². The SMILES string of the molecule is CCN1CCN(C(=O)c2ccsc2)CC1. The molecule has 1 aromatic heterocycles. The summed E-state index contributed by atoms with van der Waals surface area (Å²) in [6.45, 7) is 6.99. The van der Waals surface area contributed by atoms with E-state index in [2.05, 4.69) is 11.8 Å². The Bertz CT molecular complexity index is 315. The Morgan fingerprint density at radius 2 is 2.13 bits per heavy atom. The van der Waals surface area contributed by atoms with Crippen molar-refractivity contribution < 1.29 is 4.79 Å². The van der Waals surface area contributed by atoms with Crippen molar-refractivity contribution in [1.29, 1.82) is 0 Å². The Morgan fingerprint density at radius 3 is 2.67 bits per heavy atom. The van der Waals surface area contributed by atoms with Crippen LogP contribution in [0, 0.1) is 0 Å². The fraction of sp³-hybridized carbons (Fsp3) is 0.545. The summed E-state index contributed by atoms with van der Waals surface area (Å²) in [7, 11) is 0. The molecule has 4 heteroatoms. The third-order valence-corrected chi connectivity index (χ3v) is 3.56. The third kappa shape index (κ3) is 2.38. The lowest BCUT2D eigenvalue weighted by molar-refractivity contribution is 0.0644. The number of carbonyl (C=O) groups excluding carboxylic acids is 1. The second-order valence-electron chi connectivity index (χ2n) is 3.74. The monoisotopic (exact) mass is 224 g/mol. The van der Waals surface area contributed by atoms with Gasteiger partial charge in [0.1, 0.15) is 0 Å². The van der Waals surface area contributed by atoms with Crippen LogP contribution in [0.25, 0.3) is 0 Å². The minimum absolute atomic E-state index is 0.187. The molecule has 1 saturated heterocycles. The van der Waals surface area contributed by atoms with E-state index >= 15 is 0 Å². The van der Waals surface area contributed by atoms with Crippen LogP contribution in [-0.2, 0) is 0 Å². The summed E-state index contributed by atoms with van der Waals surface area (Å²) in [4.78, 5) is 16.3. The Morgan fingerprint density at radius 1 is 1.40 bits per heavy atom. The second-order valence-corrected chi connectivity index (χ2v) is 4.52. The van der Waals surface area contributed by atoms with Crippen molar-refractivity contribution in [3.05, 3.63) is 22.4 Å². The minimum atomic E-state index is 0.187. The molecule has 1 aromatic rings. The van der Waals surface area contributed by atoms with Crippen LogP contribution < -0.4 is 0 Å². The molecule has 1 aliphatic heterocycles. The van der Waals surface area contributed by atoms with E-state index < -0.39 is 0 Å². The molecule has 0 atom stereocenters. The number of amides is 1. The predicted molar refractivity (Wildman–Crippen MR) is 62.3 cm³/mol. The van der Waals surface area contributed by atoms with Gasteiger partial charge in [0, 0.05) is 31.6 Å². The lowest BCUT2D eigenvalue weighted by Crippen LogP contribution is -2.48. The van der Waals surface area contributed by atoms with Crippen molar-refractivity contribution in [3.8, 4) is 0 Å². The van der Waals surface area contributed by atoms with Gasteiger partial charge < -0.3 is 9.80 Å². The van der Waals surface area contributed by atoms with Gasteiger partial charge in [0.2, 0.25) is 0 Å². The van der Waals surface area contributed by atoms with E-state index in [-0.39, 0.29) is 5.91 Å². The first kappa shape index (κ1) is 10.6. The maximum atomic E-state index is 12.0. The highest BCUT2D eigenvalue weighted by molar-refractivity contribution is 7.08. The van der Waals surface area contributed by atoms with Crippen LogP contribution >= 0.6 is 11.3 Å². The predicted octanol–water partition coefficient (Wildman–Crippen LogP) is 1.53. The fourth-order valence-corrected chi connectivity index (χ4v) is 2.47. The normalized spacial score (nSPS) is 18.1. The largest absolute Gasteiger partial charge is 0.336 e. The highest BCUT2D eigenvalue weighted by Crippen LogP contribution is 2.11. The van der Waals surface area contributed by atoms with E-state index in [0.717, 1.165) is 38.3 Å². The van der Waals surface area contributed by atoms with Crippen LogP contribution in [0.2, 0.25) is 0 Å². The summed E-state index contributed by atoms with van der Waals surface area (Å²) < 4.78 is 0. The van der Waals surface area contributed by atoms with Gasteiger partial charge in [-0.2, -0.15) is 11.3 Å². The molecule has 15 heavy (non-hydrogen) atoms. The van der Waals surface area contributed by atoms with Gasteiger partial charge in [-0.25, -0.2) is 0 Å². The van der Waals surface area contributed by atoms with E-state index in [1.807, 2.05) is 21.7 Å². The molecule has 82 valence electrons. The van der Waals surface area contributed by atoms with Gasteiger partial charge in [0.25, 0.3) is 5.91 Å². The lowest BCUT2D eigenvalue weighted by atomic mass is 10.2. The molecule has 1 amide bonds. The number of rotatable bonds is 2. The van der Waals surface area contributed by atoms with E-state index in [4.69, 9.17) is 0 Å². The summed E-state index contributed by atoms with van der Waals surface area (Å²) in [5, 5.41) is 3.88. The fourth-order valence-electron chi connectivity index (χ4n) is 1.84. The standard InChI is InChI=1S/C11H16N2OS/c1-2-12-4-6-13(7-5-12)11(14)10-3-8-15-9-10/h3,8-9H,2,4-7H2,1H3. The maximum Gasteiger partial charge on any atom is 0.254 e. The summed E-state index contributed by atoms with van der Waals surface area (Å²) in [5.41, 5.74) is 0.838. The molecule has 3 nitrogen and oxygen atoms in total. The molecule has 0 N–H and O–H groups in total. The van der Waals surface area contributed by atoms with Crippen LogP contribution in [0.1, 0.15) is 17.3 Å². The summed E-state index contributed by atoms with van der Waals surface area (Å²) in [6.07, 6.45) is 0. The number of thiophene rings is 1. The van der Waals surface area contributed by atoms with Crippen LogP contribution in [0.5, 0.6) is 0 Å². The molecule has 0 unspecified atom stereocenters. The molecule has 1 fully saturated rings. The Hall–Kier alpha value is -0.870. The van der Waals surface area contributed by atoms with Gasteiger partial charge in [-0.3, -0.25) is 4.79 Å². The molecule has 2 rings (SSSR count). The van der Waals surface area contributed by atoms with Crippen LogP contribution in [-0.4, -0.2) is 48.4 Å². The quantitative estimate of drug-likeness (QED) is 0.760. The van der Waals surface area contributed by atoms with Gasteiger partial charge in [-0.05, 0) is 18.0 Å². The van der Waals surface area contributed by atoms with E-state index in [1.54, 1.807) is 11.3 Å². The highest BCUT2D eigenvalue weighted by Gasteiger charge is 2.21. The number of carbonyl (C=O) groups is 1. The van der Waals surface area contributed by atoms with Crippen molar-refractivity contribution >= 4 is 17.2 Å². The first-order valence-electron chi connectivity index (χ1n) is 5.35. The first-order valence-corrected chi connectivity index (χ1v) is 6.29. The zero-order valence-electron chi connectivity index (χ0n) is 8.98. The van der Waals surface area contributed by atoms with Crippen LogP contribution in [0.3, 0.4) is 0 Å². The average Bonchev–Trinajstić information content (AvgIpc) is 2.82. The number of piperazine rings is 1. The highest BCUT2D eigenvalue weighted by atomic mass is 32.1. The lowest BCUT2D eigenvalue weighted by Gasteiger charge is -2.33. The number of nitrogens with zero attached hydrogens (tertiary/aromatic N) is 2. The maximum absolute atomic E-state index is 12.0. The van der Waals surface area contributed by atoms with Gasteiger partial charge in [0.15, 0.2) is 0 Å². The third-order valence-electron chi connectivity index (χ3n) is 2.87. The number of hydrogen-bond acceptors (Lipinski definition) is 3. The summed E-state index contributed by atoms with van der Waals surface area (Å²) in [5.74, 6) is 0.187. The van der Waals surface area contributed by atoms with Crippen molar-refractivity contribution in [1.82, 2.24) is 9.80 Å². The topological polar surface area (TPSA) is 23.6 Å². The average molecular weight is 224 g/mol. The van der Waals surface area contributed by atoms with Gasteiger partial charge in [0.05, 0.1) is 5.56 Å². The number of likely N-dealkylation sites (N-methyl/N-ethyl adjacent to an activating group) is 1. The van der Waals surface area contributed by atoms with Gasteiger partial charge in [-0.15, -0.1) is 0 Å². The van der Waals surface area contributed by atoms with Crippen molar-refractivity contribution in [2.45, 2.75) is 6.92 Å². The molecule has 0 bridgehead atoms.